The van der Waals surface area contributed by atoms with Crippen LogP contribution in [0.25, 0.3) is 0 Å². The van der Waals surface area contributed by atoms with Crippen LogP contribution < -0.4 is 0 Å². The molecule has 0 bridgehead atoms. The van der Waals surface area contributed by atoms with Crippen molar-refractivity contribution in [1.29, 1.82) is 0 Å². The van der Waals surface area contributed by atoms with Gasteiger partial charge >= 0.3 is 0 Å². The second-order valence-electron chi connectivity index (χ2n) is 6.26. The van der Waals surface area contributed by atoms with Crippen molar-refractivity contribution in [2.45, 2.75) is 12.3 Å². The minimum Gasteiger partial charge on any atom is -0.296 e. The third-order valence-electron chi connectivity index (χ3n) is 4.41. The van der Waals surface area contributed by atoms with Crippen LogP contribution in [0.5, 0.6) is 0 Å². The Morgan fingerprint density at radius 3 is 2.35 bits per heavy atom. The summed E-state index contributed by atoms with van der Waals surface area (Å²) in [5.74, 6) is -1.05. The van der Waals surface area contributed by atoms with Crippen LogP contribution in [0, 0.1) is 11.6 Å². The summed E-state index contributed by atoms with van der Waals surface area (Å²) in [6.45, 7) is 1.91. The number of benzene rings is 2. The Balaban J connectivity index is 1.61. The van der Waals surface area contributed by atoms with Crippen molar-refractivity contribution in [2.75, 3.05) is 26.2 Å². The first-order valence-electron chi connectivity index (χ1n) is 8.23. The smallest absolute Gasteiger partial charge is 0.218 e. The molecule has 0 saturated carbocycles. The number of rotatable bonds is 5. The molecule has 26 heavy (non-hydrogen) atoms. The number of hydrogen-bond acceptors (Lipinski definition) is 3. The molecule has 1 fully saturated rings. The Hall–Kier alpha value is -1.54. The van der Waals surface area contributed by atoms with Crippen LogP contribution in [0.2, 0.25) is 5.02 Å². The summed E-state index contributed by atoms with van der Waals surface area (Å²) in [7, 11) is -3.53. The lowest BCUT2D eigenvalue weighted by Gasteiger charge is -2.34. The minimum absolute atomic E-state index is 0.232. The molecule has 4 nitrogen and oxygen atoms in total. The van der Waals surface area contributed by atoms with Gasteiger partial charge < -0.3 is 0 Å². The third kappa shape index (κ3) is 4.59. The molecule has 0 radical (unpaired) electrons. The molecule has 1 aliphatic rings. The van der Waals surface area contributed by atoms with Gasteiger partial charge in [0.25, 0.3) is 0 Å². The van der Waals surface area contributed by atoms with E-state index in [-0.39, 0.29) is 11.6 Å². The van der Waals surface area contributed by atoms with E-state index < -0.39 is 15.8 Å². The molecule has 0 aliphatic carbocycles. The molecule has 0 amide bonds. The third-order valence-corrected chi connectivity index (χ3v) is 6.61. The molecule has 0 aromatic heterocycles. The van der Waals surface area contributed by atoms with Gasteiger partial charge in [0.2, 0.25) is 10.0 Å². The van der Waals surface area contributed by atoms with E-state index in [9.17, 15) is 17.2 Å². The Bertz CT molecular complexity index is 864. The Labute approximate surface area is 157 Å². The summed E-state index contributed by atoms with van der Waals surface area (Å²) in [5, 5.41) is 0.367. The van der Waals surface area contributed by atoms with Crippen molar-refractivity contribution in [3.05, 3.63) is 70.2 Å². The van der Waals surface area contributed by atoms with Crippen molar-refractivity contribution in [2.24, 2.45) is 0 Å². The molecule has 3 rings (SSSR count). The summed E-state index contributed by atoms with van der Waals surface area (Å²) < 4.78 is 53.6. The second-order valence-corrected chi connectivity index (χ2v) is 8.64. The molecule has 2 aromatic carbocycles. The van der Waals surface area contributed by atoms with Crippen molar-refractivity contribution < 1.29 is 17.2 Å². The molecule has 2 aromatic rings. The van der Waals surface area contributed by atoms with E-state index >= 15 is 0 Å². The van der Waals surface area contributed by atoms with Crippen molar-refractivity contribution in [3.63, 3.8) is 0 Å². The Morgan fingerprint density at radius 1 is 1.00 bits per heavy atom. The van der Waals surface area contributed by atoms with E-state index in [1.54, 1.807) is 18.2 Å². The van der Waals surface area contributed by atoms with Crippen LogP contribution in [-0.2, 0) is 22.3 Å². The van der Waals surface area contributed by atoms with Gasteiger partial charge in [-0.05, 0) is 29.8 Å². The predicted molar refractivity (Wildman–Crippen MR) is 97.3 cm³/mol. The monoisotopic (exact) mass is 400 g/mol. The van der Waals surface area contributed by atoms with E-state index in [1.807, 2.05) is 4.90 Å². The van der Waals surface area contributed by atoms with Gasteiger partial charge in [0.15, 0.2) is 0 Å². The van der Waals surface area contributed by atoms with Crippen LogP contribution in [0.1, 0.15) is 11.1 Å². The normalized spacial score (nSPS) is 16.7. The van der Waals surface area contributed by atoms with Crippen LogP contribution in [-0.4, -0.2) is 43.8 Å². The number of sulfonamides is 1. The van der Waals surface area contributed by atoms with Gasteiger partial charge in [0.05, 0.1) is 5.75 Å². The fraction of sp³-hybridized carbons (Fsp3) is 0.333. The quantitative estimate of drug-likeness (QED) is 0.773. The maximum Gasteiger partial charge on any atom is 0.218 e. The van der Waals surface area contributed by atoms with Crippen LogP contribution in [0.4, 0.5) is 8.78 Å². The largest absolute Gasteiger partial charge is 0.296 e. The van der Waals surface area contributed by atoms with Crippen LogP contribution in [0.3, 0.4) is 0 Å². The van der Waals surface area contributed by atoms with Gasteiger partial charge in [0, 0.05) is 43.3 Å². The van der Waals surface area contributed by atoms with Gasteiger partial charge in [-0.3, -0.25) is 4.90 Å². The average molecular weight is 401 g/mol. The molecule has 1 saturated heterocycles. The lowest BCUT2D eigenvalue weighted by atomic mass is 10.2. The zero-order valence-corrected chi connectivity index (χ0v) is 15.6. The summed E-state index contributed by atoms with van der Waals surface area (Å²) in [6, 6.07) is 10.2. The summed E-state index contributed by atoms with van der Waals surface area (Å²) in [6.07, 6.45) is 0. The lowest BCUT2D eigenvalue weighted by Crippen LogP contribution is -2.48. The second kappa shape index (κ2) is 8.00. The minimum atomic E-state index is -3.53. The highest BCUT2D eigenvalue weighted by Crippen LogP contribution is 2.22. The topological polar surface area (TPSA) is 40.6 Å². The Morgan fingerprint density at radius 2 is 1.69 bits per heavy atom. The highest BCUT2D eigenvalue weighted by atomic mass is 35.5. The highest BCUT2D eigenvalue weighted by Gasteiger charge is 2.27. The lowest BCUT2D eigenvalue weighted by molar-refractivity contribution is 0.180. The van der Waals surface area contributed by atoms with Gasteiger partial charge in [-0.2, -0.15) is 4.31 Å². The first-order chi connectivity index (χ1) is 12.3. The number of piperazine rings is 1. The molecule has 8 heteroatoms. The SMILES string of the molecule is O=S(=O)(Cc1cccc(F)c1)N1CCN(Cc2c(F)cccc2Cl)CC1. The highest BCUT2D eigenvalue weighted by molar-refractivity contribution is 7.88. The number of halogens is 3. The van der Waals surface area contributed by atoms with Crippen molar-refractivity contribution in [1.82, 2.24) is 9.21 Å². The summed E-state index contributed by atoms with van der Waals surface area (Å²) in [5.41, 5.74) is 0.843. The molecular formula is C18H19ClF2N2O2S. The first kappa shape index (κ1) is 19.2. The molecule has 0 spiro atoms. The van der Waals surface area contributed by atoms with Crippen LogP contribution in [0.15, 0.2) is 42.5 Å². The van der Waals surface area contributed by atoms with E-state index in [2.05, 4.69) is 0 Å². The van der Waals surface area contributed by atoms with E-state index in [1.165, 1.54) is 28.6 Å². The molecule has 1 heterocycles. The van der Waals surface area contributed by atoms with E-state index in [0.29, 0.717) is 48.9 Å². The zero-order chi connectivity index (χ0) is 18.7. The molecule has 0 atom stereocenters. The van der Waals surface area contributed by atoms with Gasteiger partial charge in [-0.1, -0.05) is 29.8 Å². The van der Waals surface area contributed by atoms with Gasteiger partial charge in [-0.15, -0.1) is 0 Å². The number of hydrogen-bond donors (Lipinski definition) is 0. The van der Waals surface area contributed by atoms with Crippen LogP contribution >= 0.6 is 11.6 Å². The van der Waals surface area contributed by atoms with Gasteiger partial charge in [-0.25, -0.2) is 17.2 Å². The van der Waals surface area contributed by atoms with Crippen molar-refractivity contribution in [3.8, 4) is 0 Å². The summed E-state index contributed by atoms with van der Waals surface area (Å²) >= 11 is 6.05. The molecular weight excluding hydrogens is 382 g/mol. The van der Waals surface area contributed by atoms with Gasteiger partial charge in [0.1, 0.15) is 11.6 Å². The maximum absolute atomic E-state index is 13.9. The van der Waals surface area contributed by atoms with Crippen molar-refractivity contribution >= 4 is 21.6 Å². The standard InChI is InChI=1S/C18H19ClF2N2O2S/c19-17-5-2-6-18(21)16(17)12-22-7-9-23(10-8-22)26(24,25)13-14-3-1-4-15(20)11-14/h1-6,11H,7-10,12-13H2. The summed E-state index contributed by atoms with van der Waals surface area (Å²) in [4.78, 5) is 1.97. The van der Waals surface area contributed by atoms with E-state index in [0.717, 1.165) is 0 Å². The molecule has 0 unspecified atom stereocenters. The predicted octanol–water partition coefficient (Wildman–Crippen LogP) is 3.27. The Kier molecular flexibility index (Phi) is 5.92. The molecule has 140 valence electrons. The molecule has 1 aliphatic heterocycles. The average Bonchev–Trinajstić information content (AvgIpc) is 2.58. The molecule has 0 N–H and O–H groups in total. The maximum atomic E-state index is 13.9. The fourth-order valence-corrected chi connectivity index (χ4v) is 4.73. The first-order valence-corrected chi connectivity index (χ1v) is 10.2. The number of nitrogens with zero attached hydrogens (tertiary/aromatic N) is 2. The van der Waals surface area contributed by atoms with E-state index in [4.69, 9.17) is 11.6 Å². The zero-order valence-electron chi connectivity index (χ0n) is 14.0. The fourth-order valence-electron chi connectivity index (χ4n) is 3.00.